The first kappa shape index (κ1) is 13.9. The van der Waals surface area contributed by atoms with Gasteiger partial charge in [0.05, 0.1) is 0 Å². The van der Waals surface area contributed by atoms with Gasteiger partial charge in [-0.3, -0.25) is 9.79 Å². The molecule has 1 aromatic heterocycles. The number of aromatic nitrogens is 1. The molecular formula is C17H20N2O2. The van der Waals surface area contributed by atoms with Crippen molar-refractivity contribution in [3.8, 4) is 0 Å². The number of fused-ring (bicyclic) bond motifs is 3. The molecule has 0 aliphatic carbocycles. The van der Waals surface area contributed by atoms with Gasteiger partial charge in [-0.15, -0.1) is 0 Å². The third-order valence-electron chi connectivity index (χ3n) is 4.29. The number of nitrogens with one attached hydrogen (secondary N) is 1. The van der Waals surface area contributed by atoms with Crippen molar-refractivity contribution in [1.82, 2.24) is 4.98 Å². The summed E-state index contributed by atoms with van der Waals surface area (Å²) in [6.45, 7) is 7.17. The SMILES string of the molecule is CC(C)(C)C1CN=CC(C(=O)O)c2[nH]c3ccccc3c21. The number of H-pyrrole nitrogens is 1. The lowest BCUT2D eigenvalue weighted by Crippen LogP contribution is -2.22. The van der Waals surface area contributed by atoms with Crippen LogP contribution in [-0.2, 0) is 4.79 Å². The van der Waals surface area contributed by atoms with Crippen molar-refractivity contribution in [1.29, 1.82) is 0 Å². The highest BCUT2D eigenvalue weighted by atomic mass is 16.4. The van der Waals surface area contributed by atoms with Gasteiger partial charge in [0.15, 0.2) is 0 Å². The van der Waals surface area contributed by atoms with Crippen LogP contribution < -0.4 is 0 Å². The van der Waals surface area contributed by atoms with E-state index < -0.39 is 11.9 Å². The Morgan fingerprint density at radius 2 is 2.05 bits per heavy atom. The average Bonchev–Trinajstić information content (AvgIpc) is 2.64. The van der Waals surface area contributed by atoms with Crippen LogP contribution in [0.3, 0.4) is 0 Å². The van der Waals surface area contributed by atoms with E-state index in [0.717, 1.165) is 22.2 Å². The van der Waals surface area contributed by atoms with Gasteiger partial charge < -0.3 is 10.1 Å². The van der Waals surface area contributed by atoms with E-state index in [9.17, 15) is 9.90 Å². The van der Waals surface area contributed by atoms with Crippen LogP contribution >= 0.6 is 0 Å². The number of nitrogens with zero attached hydrogens (tertiary/aromatic N) is 1. The maximum Gasteiger partial charge on any atom is 0.318 e. The smallest absolute Gasteiger partial charge is 0.318 e. The van der Waals surface area contributed by atoms with Crippen LogP contribution in [0.5, 0.6) is 0 Å². The van der Waals surface area contributed by atoms with Gasteiger partial charge in [-0.05, 0) is 17.0 Å². The normalized spacial score (nSPS) is 22.0. The number of hydrogen-bond acceptors (Lipinski definition) is 2. The average molecular weight is 284 g/mol. The fourth-order valence-corrected chi connectivity index (χ4v) is 3.14. The number of aromatic amines is 1. The van der Waals surface area contributed by atoms with E-state index in [1.165, 1.54) is 0 Å². The highest BCUT2D eigenvalue weighted by molar-refractivity contribution is 5.98. The van der Waals surface area contributed by atoms with E-state index in [0.29, 0.717) is 6.54 Å². The van der Waals surface area contributed by atoms with Crippen molar-refractivity contribution in [2.45, 2.75) is 32.6 Å². The van der Waals surface area contributed by atoms with Gasteiger partial charge >= 0.3 is 5.97 Å². The number of benzene rings is 1. The molecule has 0 bridgehead atoms. The van der Waals surface area contributed by atoms with Crippen LogP contribution in [-0.4, -0.2) is 28.8 Å². The predicted molar refractivity (Wildman–Crippen MR) is 84.2 cm³/mol. The van der Waals surface area contributed by atoms with Crippen molar-refractivity contribution in [2.24, 2.45) is 10.4 Å². The summed E-state index contributed by atoms with van der Waals surface area (Å²) in [7, 11) is 0. The lowest BCUT2D eigenvalue weighted by Gasteiger charge is -2.29. The zero-order chi connectivity index (χ0) is 15.2. The number of carbonyl (C=O) groups is 1. The lowest BCUT2D eigenvalue weighted by molar-refractivity contribution is -0.137. The molecule has 21 heavy (non-hydrogen) atoms. The van der Waals surface area contributed by atoms with Crippen LogP contribution in [0.4, 0.5) is 0 Å². The third kappa shape index (κ3) is 2.24. The zero-order valence-electron chi connectivity index (χ0n) is 12.6. The Hall–Kier alpha value is -2.10. The van der Waals surface area contributed by atoms with Crippen LogP contribution in [0.1, 0.15) is 43.9 Å². The molecule has 1 aliphatic rings. The molecule has 2 unspecified atom stereocenters. The Balaban J connectivity index is 2.32. The Labute approximate surface area is 123 Å². The van der Waals surface area contributed by atoms with Crippen molar-refractivity contribution in [2.75, 3.05) is 6.54 Å². The monoisotopic (exact) mass is 284 g/mol. The third-order valence-corrected chi connectivity index (χ3v) is 4.29. The minimum atomic E-state index is -0.860. The largest absolute Gasteiger partial charge is 0.480 e. The van der Waals surface area contributed by atoms with Gasteiger partial charge in [0.25, 0.3) is 0 Å². The zero-order valence-corrected chi connectivity index (χ0v) is 12.6. The van der Waals surface area contributed by atoms with Crippen molar-refractivity contribution < 1.29 is 9.90 Å². The number of carboxylic acids is 1. The summed E-state index contributed by atoms with van der Waals surface area (Å²) in [6, 6.07) is 8.03. The molecule has 0 fully saturated rings. The van der Waals surface area contributed by atoms with Crippen molar-refractivity contribution in [3.05, 3.63) is 35.5 Å². The van der Waals surface area contributed by atoms with Gasteiger partial charge in [-0.25, -0.2) is 0 Å². The molecule has 1 aromatic carbocycles. The molecule has 2 heterocycles. The number of para-hydroxylation sites is 1. The van der Waals surface area contributed by atoms with Crippen molar-refractivity contribution >= 4 is 23.1 Å². The highest BCUT2D eigenvalue weighted by Crippen LogP contribution is 2.43. The summed E-state index contributed by atoms with van der Waals surface area (Å²) >= 11 is 0. The molecule has 2 N–H and O–H groups in total. The Bertz CT molecular complexity index is 722. The molecule has 4 nitrogen and oxygen atoms in total. The Morgan fingerprint density at radius 1 is 1.33 bits per heavy atom. The molecule has 0 amide bonds. The molecule has 110 valence electrons. The van der Waals surface area contributed by atoms with E-state index >= 15 is 0 Å². The molecule has 1 aliphatic heterocycles. The summed E-state index contributed by atoms with van der Waals surface area (Å²) in [6.07, 6.45) is 1.57. The first-order valence-electron chi connectivity index (χ1n) is 7.23. The summed E-state index contributed by atoms with van der Waals surface area (Å²) < 4.78 is 0. The number of rotatable bonds is 1. The van der Waals surface area contributed by atoms with E-state index in [1.54, 1.807) is 6.21 Å². The summed E-state index contributed by atoms with van der Waals surface area (Å²) in [4.78, 5) is 19.3. The highest BCUT2D eigenvalue weighted by Gasteiger charge is 2.35. The molecule has 2 atom stereocenters. The van der Waals surface area contributed by atoms with Gasteiger partial charge in [-0.2, -0.15) is 0 Å². The van der Waals surface area contributed by atoms with E-state index in [1.807, 2.05) is 18.2 Å². The number of aliphatic carboxylic acids is 1. The summed E-state index contributed by atoms with van der Waals surface area (Å²) in [5.41, 5.74) is 2.91. The molecular weight excluding hydrogens is 264 g/mol. The maximum atomic E-state index is 11.6. The van der Waals surface area contributed by atoms with Crippen molar-refractivity contribution in [3.63, 3.8) is 0 Å². The van der Waals surface area contributed by atoms with Gasteiger partial charge in [0.1, 0.15) is 5.92 Å². The summed E-state index contributed by atoms with van der Waals surface area (Å²) in [5, 5.41) is 10.6. The number of aliphatic imine (C=N–C) groups is 1. The van der Waals surface area contributed by atoms with Crippen LogP contribution in [0, 0.1) is 5.41 Å². The van der Waals surface area contributed by atoms with E-state index in [-0.39, 0.29) is 11.3 Å². The molecule has 0 spiro atoms. The van der Waals surface area contributed by atoms with Crippen LogP contribution in [0.15, 0.2) is 29.3 Å². The molecule has 0 saturated carbocycles. The molecule has 2 aromatic rings. The molecule has 0 saturated heterocycles. The van der Waals surface area contributed by atoms with Gasteiger partial charge in [-0.1, -0.05) is 39.0 Å². The molecule has 4 heteroatoms. The molecule has 3 rings (SSSR count). The first-order valence-corrected chi connectivity index (χ1v) is 7.23. The quantitative estimate of drug-likeness (QED) is 0.841. The van der Waals surface area contributed by atoms with Crippen LogP contribution in [0.25, 0.3) is 10.9 Å². The minimum absolute atomic E-state index is 0.0183. The van der Waals surface area contributed by atoms with Crippen LogP contribution in [0.2, 0.25) is 0 Å². The lowest BCUT2D eigenvalue weighted by atomic mass is 9.75. The Morgan fingerprint density at radius 3 is 2.71 bits per heavy atom. The number of hydrogen-bond donors (Lipinski definition) is 2. The maximum absolute atomic E-state index is 11.6. The van der Waals surface area contributed by atoms with Gasteiger partial charge in [0, 0.05) is 35.3 Å². The van der Waals surface area contributed by atoms with E-state index in [4.69, 9.17) is 0 Å². The second kappa shape index (κ2) is 4.72. The minimum Gasteiger partial charge on any atom is -0.480 e. The second-order valence-electron chi connectivity index (χ2n) is 6.75. The first-order chi connectivity index (χ1) is 9.89. The second-order valence-corrected chi connectivity index (χ2v) is 6.75. The van der Waals surface area contributed by atoms with E-state index in [2.05, 4.69) is 36.8 Å². The topological polar surface area (TPSA) is 65.4 Å². The van der Waals surface area contributed by atoms with Gasteiger partial charge in [0.2, 0.25) is 0 Å². The fraction of sp³-hybridized carbons (Fsp3) is 0.412. The summed E-state index contributed by atoms with van der Waals surface area (Å²) in [5.74, 6) is -1.36. The standard InChI is InChI=1S/C17H20N2O2/c1-17(2,3)12-9-18-8-11(16(20)21)15-14(12)10-6-4-5-7-13(10)19-15/h4-8,11-12,19H,9H2,1-3H3,(H,20,21). The predicted octanol–water partition coefficient (Wildman–Crippen LogP) is 3.55. The Kier molecular flexibility index (Phi) is 3.12. The fourth-order valence-electron chi connectivity index (χ4n) is 3.14. The number of carboxylic acid groups (broad SMARTS) is 1. The molecule has 0 radical (unpaired) electrons.